The third-order valence-electron chi connectivity index (χ3n) is 3.15. The summed E-state index contributed by atoms with van der Waals surface area (Å²) in [7, 11) is 1.70. The Balaban J connectivity index is 2.36. The van der Waals surface area contributed by atoms with Gasteiger partial charge in [0.15, 0.2) is 0 Å². The van der Waals surface area contributed by atoms with Crippen LogP contribution >= 0.6 is 31.9 Å². The Bertz CT molecular complexity index is 549. The molecule has 19 heavy (non-hydrogen) atoms. The number of halogens is 2. The summed E-state index contributed by atoms with van der Waals surface area (Å²) in [5.41, 5.74) is 3.71. The van der Waals surface area contributed by atoms with E-state index in [2.05, 4.69) is 69.1 Å². The van der Waals surface area contributed by atoms with Gasteiger partial charge >= 0.3 is 0 Å². The number of ether oxygens (including phenoxy) is 1. The number of methoxy groups -OCH3 is 1. The zero-order valence-electron chi connectivity index (χ0n) is 11.0. The van der Waals surface area contributed by atoms with Crippen molar-refractivity contribution in [1.82, 2.24) is 0 Å². The van der Waals surface area contributed by atoms with E-state index in [9.17, 15) is 0 Å². The van der Waals surface area contributed by atoms with E-state index in [1.54, 1.807) is 7.11 Å². The molecule has 0 aliphatic rings. The predicted molar refractivity (Wildman–Crippen MR) is 87.3 cm³/mol. The van der Waals surface area contributed by atoms with Crippen molar-refractivity contribution in [3.8, 4) is 5.75 Å². The summed E-state index contributed by atoms with van der Waals surface area (Å²) < 4.78 is 6.49. The highest BCUT2D eigenvalue weighted by Crippen LogP contribution is 2.38. The molecule has 0 amide bonds. The summed E-state index contributed by atoms with van der Waals surface area (Å²) >= 11 is 7.28. The molecule has 0 bridgehead atoms. The highest BCUT2D eigenvalue weighted by molar-refractivity contribution is 9.10. The molecule has 0 aliphatic carbocycles. The zero-order valence-corrected chi connectivity index (χ0v) is 14.2. The molecular weight excluding hydrogens is 368 g/mol. The van der Waals surface area contributed by atoms with Gasteiger partial charge in [-0.05, 0) is 35.7 Å². The van der Waals surface area contributed by atoms with Gasteiger partial charge in [-0.3, -0.25) is 0 Å². The van der Waals surface area contributed by atoms with E-state index >= 15 is 0 Å². The Kier molecular flexibility index (Phi) is 5.06. The molecule has 0 radical (unpaired) electrons. The van der Waals surface area contributed by atoms with Crippen molar-refractivity contribution in [2.45, 2.75) is 18.2 Å². The molecular formula is C16H16Br2O. The third kappa shape index (κ3) is 3.40. The maximum Gasteiger partial charge on any atom is 0.123 e. The maximum absolute atomic E-state index is 5.44. The molecule has 1 unspecified atom stereocenters. The summed E-state index contributed by atoms with van der Waals surface area (Å²) in [5.74, 6) is 0.893. The molecule has 1 atom stereocenters. The van der Waals surface area contributed by atoms with Crippen LogP contribution in [0.25, 0.3) is 0 Å². The van der Waals surface area contributed by atoms with E-state index < -0.39 is 0 Å². The minimum absolute atomic E-state index is 0.130. The smallest absolute Gasteiger partial charge is 0.123 e. The fourth-order valence-electron chi connectivity index (χ4n) is 2.01. The molecule has 0 spiro atoms. The summed E-state index contributed by atoms with van der Waals surface area (Å²) in [4.78, 5) is 0.130. The number of rotatable bonds is 4. The van der Waals surface area contributed by atoms with Crippen molar-refractivity contribution in [2.24, 2.45) is 0 Å². The van der Waals surface area contributed by atoms with Crippen LogP contribution in [0.5, 0.6) is 5.75 Å². The van der Waals surface area contributed by atoms with Gasteiger partial charge in [0, 0.05) is 10.0 Å². The monoisotopic (exact) mass is 382 g/mol. The van der Waals surface area contributed by atoms with E-state index in [1.807, 2.05) is 12.1 Å². The molecule has 2 aromatic carbocycles. The van der Waals surface area contributed by atoms with Crippen LogP contribution in [0, 0.1) is 0 Å². The lowest BCUT2D eigenvalue weighted by molar-refractivity contribution is 0.410. The van der Waals surface area contributed by atoms with Crippen molar-refractivity contribution in [3.63, 3.8) is 0 Å². The van der Waals surface area contributed by atoms with Gasteiger partial charge in [0.1, 0.15) is 5.75 Å². The molecule has 2 aromatic rings. The average molecular weight is 384 g/mol. The first-order chi connectivity index (χ1) is 9.15. The number of alkyl halides is 1. The molecule has 0 fully saturated rings. The first-order valence-electron chi connectivity index (χ1n) is 6.22. The molecule has 2 rings (SSSR count). The Hall–Kier alpha value is -0.800. The maximum atomic E-state index is 5.44. The van der Waals surface area contributed by atoms with Gasteiger partial charge in [-0.25, -0.2) is 0 Å². The molecule has 0 aliphatic heterocycles. The second-order valence-electron chi connectivity index (χ2n) is 4.34. The summed E-state index contributed by atoms with van der Waals surface area (Å²) in [6.07, 6.45) is 1.06. The van der Waals surface area contributed by atoms with Crippen molar-refractivity contribution < 1.29 is 4.74 Å². The molecule has 0 heterocycles. The topological polar surface area (TPSA) is 9.23 Å². The van der Waals surface area contributed by atoms with E-state index in [0.29, 0.717) is 0 Å². The van der Waals surface area contributed by atoms with Gasteiger partial charge in [-0.1, -0.05) is 63.0 Å². The number of hydrogen-bond acceptors (Lipinski definition) is 1. The second-order valence-corrected chi connectivity index (χ2v) is 6.18. The minimum Gasteiger partial charge on any atom is -0.496 e. The summed E-state index contributed by atoms with van der Waals surface area (Å²) in [6.45, 7) is 2.16. The summed E-state index contributed by atoms with van der Waals surface area (Å²) in [5, 5.41) is 0. The normalized spacial score (nSPS) is 12.2. The van der Waals surface area contributed by atoms with Crippen LogP contribution in [0.15, 0.2) is 46.9 Å². The fourth-order valence-corrected chi connectivity index (χ4v) is 3.05. The summed E-state index contributed by atoms with van der Waals surface area (Å²) in [6, 6.07) is 14.7. The highest BCUT2D eigenvalue weighted by Gasteiger charge is 2.15. The largest absolute Gasteiger partial charge is 0.496 e. The molecule has 0 N–H and O–H groups in total. The quantitative estimate of drug-likeness (QED) is 0.633. The molecule has 100 valence electrons. The predicted octanol–water partition coefficient (Wildman–Crippen LogP) is 5.50. The van der Waals surface area contributed by atoms with Crippen LogP contribution in [-0.4, -0.2) is 7.11 Å². The Morgan fingerprint density at radius 2 is 1.79 bits per heavy atom. The lowest BCUT2D eigenvalue weighted by Gasteiger charge is -2.15. The van der Waals surface area contributed by atoms with Crippen LogP contribution in [0.2, 0.25) is 0 Å². The van der Waals surface area contributed by atoms with Crippen molar-refractivity contribution >= 4 is 31.9 Å². The number of aryl methyl sites for hydroxylation is 1. The standard InChI is InChI=1S/C16H16Br2O/c1-3-11-4-6-12(7-5-11)16(18)14-10-13(17)8-9-15(14)19-2/h4-10,16H,3H2,1-2H3. The van der Waals surface area contributed by atoms with E-state index in [-0.39, 0.29) is 4.83 Å². The van der Waals surface area contributed by atoms with Gasteiger partial charge in [-0.2, -0.15) is 0 Å². The van der Waals surface area contributed by atoms with E-state index in [0.717, 1.165) is 22.2 Å². The molecule has 3 heteroatoms. The SMILES string of the molecule is CCc1ccc(C(Br)c2cc(Br)ccc2OC)cc1. The van der Waals surface area contributed by atoms with Crippen molar-refractivity contribution in [3.05, 3.63) is 63.6 Å². The zero-order chi connectivity index (χ0) is 13.8. The van der Waals surface area contributed by atoms with E-state index in [4.69, 9.17) is 4.74 Å². The van der Waals surface area contributed by atoms with Gasteiger partial charge in [0.25, 0.3) is 0 Å². The minimum atomic E-state index is 0.130. The fraction of sp³-hybridized carbons (Fsp3) is 0.250. The van der Waals surface area contributed by atoms with Crippen LogP contribution in [0.1, 0.15) is 28.4 Å². The molecule has 1 nitrogen and oxygen atoms in total. The second kappa shape index (κ2) is 6.58. The van der Waals surface area contributed by atoms with Gasteiger partial charge in [0.05, 0.1) is 11.9 Å². The van der Waals surface area contributed by atoms with Crippen molar-refractivity contribution in [1.29, 1.82) is 0 Å². The van der Waals surface area contributed by atoms with Gasteiger partial charge < -0.3 is 4.74 Å². The van der Waals surface area contributed by atoms with Gasteiger partial charge in [0.2, 0.25) is 0 Å². The number of hydrogen-bond donors (Lipinski definition) is 0. The Labute approximate surface area is 131 Å². The molecule has 0 saturated heterocycles. The Morgan fingerprint density at radius 1 is 1.11 bits per heavy atom. The molecule has 0 saturated carbocycles. The van der Waals surface area contributed by atoms with Crippen LogP contribution in [0.3, 0.4) is 0 Å². The van der Waals surface area contributed by atoms with Gasteiger partial charge in [-0.15, -0.1) is 0 Å². The number of benzene rings is 2. The van der Waals surface area contributed by atoms with E-state index in [1.165, 1.54) is 11.1 Å². The average Bonchev–Trinajstić information content (AvgIpc) is 2.46. The van der Waals surface area contributed by atoms with Crippen molar-refractivity contribution in [2.75, 3.05) is 7.11 Å². The van der Waals surface area contributed by atoms with Crippen LogP contribution in [0.4, 0.5) is 0 Å². The molecule has 0 aromatic heterocycles. The Morgan fingerprint density at radius 3 is 2.37 bits per heavy atom. The lowest BCUT2D eigenvalue weighted by atomic mass is 10.0. The first kappa shape index (κ1) is 14.6. The first-order valence-corrected chi connectivity index (χ1v) is 7.93. The third-order valence-corrected chi connectivity index (χ3v) is 4.66. The van der Waals surface area contributed by atoms with Crippen LogP contribution < -0.4 is 4.74 Å². The lowest BCUT2D eigenvalue weighted by Crippen LogP contribution is -1.97. The highest BCUT2D eigenvalue weighted by atomic mass is 79.9. The van der Waals surface area contributed by atoms with Crippen LogP contribution in [-0.2, 0) is 6.42 Å².